The number of hydrogen-bond acceptors (Lipinski definition) is 4. The average Bonchev–Trinajstić information content (AvgIpc) is 2.89. The summed E-state index contributed by atoms with van der Waals surface area (Å²) in [7, 11) is 1.61. The van der Waals surface area contributed by atoms with Crippen LogP contribution in [0.5, 0.6) is 5.75 Å². The molecule has 0 radical (unpaired) electrons. The summed E-state index contributed by atoms with van der Waals surface area (Å²) in [6.07, 6.45) is 0.511. The summed E-state index contributed by atoms with van der Waals surface area (Å²) in [6.45, 7) is 0. The number of hydrogen-bond donors (Lipinski definition) is 2. The largest absolute Gasteiger partial charge is 0.496 e. The molecule has 2 aromatic rings. The highest BCUT2D eigenvalue weighted by Gasteiger charge is 2.16. The second-order valence-electron chi connectivity index (χ2n) is 4.03. The number of rotatable bonds is 5. The predicted molar refractivity (Wildman–Crippen MR) is 76.0 cm³/mol. The first-order valence-corrected chi connectivity index (χ1v) is 6.93. The third-order valence-corrected chi connectivity index (χ3v) is 4.28. The van der Waals surface area contributed by atoms with Crippen LogP contribution in [0.25, 0.3) is 0 Å². The van der Waals surface area contributed by atoms with Crippen molar-refractivity contribution in [3.8, 4) is 5.75 Å². The van der Waals surface area contributed by atoms with Gasteiger partial charge in [0.1, 0.15) is 11.6 Å². The Labute approximate surface area is 120 Å². The van der Waals surface area contributed by atoms with Crippen LogP contribution in [-0.2, 0) is 6.42 Å². The monoisotopic (exact) mass is 300 g/mol. The van der Waals surface area contributed by atoms with E-state index in [9.17, 15) is 4.39 Å². The molecular formula is C13H14ClFN2OS. The quantitative estimate of drug-likeness (QED) is 0.658. The number of nitrogens with two attached hydrogens (primary N) is 1. The van der Waals surface area contributed by atoms with Gasteiger partial charge in [-0.1, -0.05) is 23.7 Å². The number of methoxy groups -OCH3 is 1. The fourth-order valence-electron chi connectivity index (χ4n) is 1.79. The lowest BCUT2D eigenvalue weighted by atomic mass is 10.0. The molecule has 0 saturated heterocycles. The lowest BCUT2D eigenvalue weighted by Gasteiger charge is -2.15. The third-order valence-electron chi connectivity index (χ3n) is 2.83. The molecule has 0 aliphatic heterocycles. The average molecular weight is 301 g/mol. The van der Waals surface area contributed by atoms with Gasteiger partial charge in [0.25, 0.3) is 0 Å². The van der Waals surface area contributed by atoms with E-state index in [4.69, 9.17) is 22.2 Å². The first-order chi connectivity index (χ1) is 9.15. The summed E-state index contributed by atoms with van der Waals surface area (Å²) in [4.78, 5) is 1.01. The lowest BCUT2D eigenvalue weighted by Crippen LogP contribution is -2.29. The number of hydrazine groups is 1. The molecule has 102 valence electrons. The van der Waals surface area contributed by atoms with Gasteiger partial charge in [0.05, 0.1) is 18.2 Å². The van der Waals surface area contributed by atoms with Crippen molar-refractivity contribution in [1.82, 2.24) is 5.43 Å². The van der Waals surface area contributed by atoms with E-state index in [0.717, 1.165) is 16.2 Å². The van der Waals surface area contributed by atoms with Crippen LogP contribution in [0.3, 0.4) is 0 Å². The Bertz CT molecular complexity index is 561. The number of thiophene rings is 1. The minimum absolute atomic E-state index is 0.131. The zero-order valence-corrected chi connectivity index (χ0v) is 11.9. The minimum atomic E-state index is -0.418. The molecule has 1 heterocycles. The van der Waals surface area contributed by atoms with Crippen molar-refractivity contribution < 1.29 is 9.13 Å². The molecule has 2 rings (SSSR count). The number of nitrogens with one attached hydrogen (secondary N) is 1. The Morgan fingerprint density at radius 2 is 2.32 bits per heavy atom. The molecule has 1 aromatic heterocycles. The second-order valence-corrected chi connectivity index (χ2v) is 5.35. The van der Waals surface area contributed by atoms with E-state index in [2.05, 4.69) is 5.43 Å². The summed E-state index contributed by atoms with van der Waals surface area (Å²) < 4.78 is 18.5. The topological polar surface area (TPSA) is 47.3 Å². The summed E-state index contributed by atoms with van der Waals surface area (Å²) in [6, 6.07) is 6.54. The Morgan fingerprint density at radius 3 is 2.95 bits per heavy atom. The highest BCUT2D eigenvalue weighted by Crippen LogP contribution is 2.30. The van der Waals surface area contributed by atoms with Crippen molar-refractivity contribution in [3.63, 3.8) is 0 Å². The molecule has 0 fully saturated rings. The fourth-order valence-corrected chi connectivity index (χ4v) is 2.91. The molecule has 1 unspecified atom stereocenters. The van der Waals surface area contributed by atoms with Gasteiger partial charge in [-0.25, -0.2) is 4.39 Å². The van der Waals surface area contributed by atoms with Crippen molar-refractivity contribution in [3.05, 3.63) is 50.9 Å². The van der Waals surface area contributed by atoms with Gasteiger partial charge >= 0.3 is 0 Å². The molecule has 1 aromatic carbocycles. The van der Waals surface area contributed by atoms with Crippen molar-refractivity contribution in [2.75, 3.05) is 7.11 Å². The molecule has 0 aliphatic carbocycles. The standard InChI is InChI=1S/C13H14ClFN2OS/c1-18-9-6-12(19-7-9)11(17-16)5-8-3-2-4-10(15)13(8)14/h2-4,6-7,11,17H,5,16H2,1H3. The molecule has 19 heavy (non-hydrogen) atoms. The first-order valence-electron chi connectivity index (χ1n) is 5.67. The smallest absolute Gasteiger partial charge is 0.142 e. The minimum Gasteiger partial charge on any atom is -0.496 e. The molecule has 0 spiro atoms. The van der Waals surface area contributed by atoms with Crippen LogP contribution in [-0.4, -0.2) is 7.11 Å². The van der Waals surface area contributed by atoms with Crippen LogP contribution in [0, 0.1) is 5.82 Å². The van der Waals surface area contributed by atoms with Crippen LogP contribution in [0.1, 0.15) is 16.5 Å². The molecule has 0 saturated carbocycles. The SMILES string of the molecule is COc1csc(C(Cc2cccc(F)c2Cl)NN)c1. The van der Waals surface area contributed by atoms with Gasteiger partial charge in [0.2, 0.25) is 0 Å². The maximum Gasteiger partial charge on any atom is 0.142 e. The van der Waals surface area contributed by atoms with Gasteiger partial charge in [-0.05, 0) is 24.1 Å². The Balaban J connectivity index is 2.21. The third kappa shape index (κ3) is 3.25. The molecule has 1 atom stereocenters. The maximum absolute atomic E-state index is 13.4. The number of ether oxygens (including phenoxy) is 1. The summed E-state index contributed by atoms with van der Waals surface area (Å²) in [5.41, 5.74) is 3.44. The molecule has 3 N–H and O–H groups in total. The second kappa shape index (κ2) is 6.34. The van der Waals surface area contributed by atoms with E-state index in [1.165, 1.54) is 17.4 Å². The summed E-state index contributed by atoms with van der Waals surface area (Å²) in [5, 5.41) is 2.04. The van der Waals surface area contributed by atoms with Crippen LogP contribution in [0.2, 0.25) is 5.02 Å². The molecule has 0 aliphatic rings. The van der Waals surface area contributed by atoms with Gasteiger partial charge in [0.15, 0.2) is 0 Å². The molecular weight excluding hydrogens is 287 g/mol. The van der Waals surface area contributed by atoms with Gasteiger partial charge in [-0.2, -0.15) is 0 Å². The number of benzene rings is 1. The lowest BCUT2D eigenvalue weighted by molar-refractivity contribution is 0.415. The van der Waals surface area contributed by atoms with Crippen LogP contribution < -0.4 is 16.0 Å². The highest BCUT2D eigenvalue weighted by atomic mass is 35.5. The normalized spacial score (nSPS) is 12.4. The number of halogens is 2. The fraction of sp³-hybridized carbons (Fsp3) is 0.231. The Hall–Kier alpha value is -1.14. The molecule has 6 heteroatoms. The van der Waals surface area contributed by atoms with Crippen molar-refractivity contribution in [2.45, 2.75) is 12.5 Å². The van der Waals surface area contributed by atoms with Gasteiger partial charge in [-0.15, -0.1) is 11.3 Å². The summed E-state index contributed by atoms with van der Waals surface area (Å²) in [5.74, 6) is 5.94. The van der Waals surface area contributed by atoms with E-state index in [-0.39, 0.29) is 11.1 Å². The van der Waals surface area contributed by atoms with Crippen LogP contribution >= 0.6 is 22.9 Å². The maximum atomic E-state index is 13.4. The molecule has 3 nitrogen and oxygen atoms in total. The van der Waals surface area contributed by atoms with Crippen molar-refractivity contribution in [2.24, 2.45) is 5.84 Å². The highest BCUT2D eigenvalue weighted by molar-refractivity contribution is 7.10. The van der Waals surface area contributed by atoms with E-state index < -0.39 is 5.82 Å². The zero-order valence-electron chi connectivity index (χ0n) is 10.3. The molecule has 0 bridgehead atoms. The van der Waals surface area contributed by atoms with Gasteiger partial charge in [-0.3, -0.25) is 11.3 Å². The summed E-state index contributed by atoms with van der Waals surface area (Å²) >= 11 is 7.48. The van der Waals surface area contributed by atoms with Gasteiger partial charge < -0.3 is 4.74 Å². The van der Waals surface area contributed by atoms with E-state index in [0.29, 0.717) is 6.42 Å². The van der Waals surface area contributed by atoms with E-state index in [1.54, 1.807) is 19.2 Å². The van der Waals surface area contributed by atoms with E-state index in [1.807, 2.05) is 11.4 Å². The Morgan fingerprint density at radius 1 is 1.53 bits per heavy atom. The van der Waals surface area contributed by atoms with Crippen LogP contribution in [0.4, 0.5) is 4.39 Å². The first kappa shape index (κ1) is 14.3. The van der Waals surface area contributed by atoms with Gasteiger partial charge in [0, 0.05) is 10.3 Å². The van der Waals surface area contributed by atoms with E-state index >= 15 is 0 Å². The zero-order chi connectivity index (χ0) is 13.8. The van der Waals surface area contributed by atoms with Crippen molar-refractivity contribution in [1.29, 1.82) is 0 Å². The van der Waals surface area contributed by atoms with Crippen molar-refractivity contribution >= 4 is 22.9 Å². The predicted octanol–water partition coefficient (Wildman–Crippen LogP) is 3.30. The molecule has 0 amide bonds. The van der Waals surface area contributed by atoms with Crippen LogP contribution in [0.15, 0.2) is 29.6 Å². The Kier molecular flexibility index (Phi) is 4.76.